The van der Waals surface area contributed by atoms with Crippen LogP contribution in [0.2, 0.25) is 0 Å². The smallest absolute Gasteiger partial charge is 0.344 e. The lowest BCUT2D eigenvalue weighted by Crippen LogP contribution is -2.28. The summed E-state index contributed by atoms with van der Waals surface area (Å²) in [5, 5.41) is 9.18. The Morgan fingerprint density at radius 2 is 1.75 bits per heavy atom. The predicted octanol–water partition coefficient (Wildman–Crippen LogP) is 2.38. The highest BCUT2D eigenvalue weighted by Crippen LogP contribution is 2.19. The second kappa shape index (κ2) is 6.41. The summed E-state index contributed by atoms with van der Waals surface area (Å²) in [5.41, 5.74) is 0.100. The second-order valence-electron chi connectivity index (χ2n) is 5.51. The number of ether oxygens (including phenoxy) is 2. The summed E-state index contributed by atoms with van der Waals surface area (Å²) in [5.74, 6) is -1.48. The Kier molecular flexibility index (Phi) is 5.13. The normalized spacial score (nSPS) is 12.6. The van der Waals surface area contributed by atoms with Crippen molar-refractivity contribution in [2.45, 2.75) is 39.2 Å². The summed E-state index contributed by atoms with van der Waals surface area (Å²) in [6.45, 7) is 6.49. The summed E-state index contributed by atoms with van der Waals surface area (Å²) < 4.78 is 9.96. The number of hydrogen-bond acceptors (Lipinski definition) is 5. The Bertz CT molecular complexity index is 470. The molecule has 0 amide bonds. The number of phenols is 1. The van der Waals surface area contributed by atoms with Crippen molar-refractivity contribution in [1.29, 1.82) is 0 Å². The van der Waals surface area contributed by atoms with E-state index in [0.717, 1.165) is 0 Å². The number of esters is 2. The Hall–Kier alpha value is -2.04. The largest absolute Gasteiger partial charge is 0.508 e. The van der Waals surface area contributed by atoms with Gasteiger partial charge in [0.15, 0.2) is 6.61 Å². The number of aromatic hydroxyl groups is 1. The zero-order chi connectivity index (χ0) is 15.3. The zero-order valence-corrected chi connectivity index (χ0v) is 12.2. The van der Waals surface area contributed by atoms with Crippen LogP contribution in [0.15, 0.2) is 24.3 Å². The monoisotopic (exact) mass is 280 g/mol. The summed E-state index contributed by atoms with van der Waals surface area (Å²) in [7, 11) is 0. The van der Waals surface area contributed by atoms with E-state index in [-0.39, 0.29) is 5.75 Å². The third-order valence-corrected chi connectivity index (χ3v) is 2.50. The first-order valence-electron chi connectivity index (χ1n) is 6.36. The van der Waals surface area contributed by atoms with Crippen LogP contribution in [0.4, 0.5) is 0 Å². The molecule has 0 heterocycles. The van der Waals surface area contributed by atoms with Gasteiger partial charge in [-0.2, -0.15) is 0 Å². The highest BCUT2D eigenvalue weighted by molar-refractivity contribution is 5.81. The molecule has 0 saturated heterocycles. The lowest BCUT2D eigenvalue weighted by atomic mass is 10.0. The molecule has 1 rings (SSSR count). The Labute approximate surface area is 118 Å². The van der Waals surface area contributed by atoms with Crippen LogP contribution >= 0.6 is 0 Å². The molecule has 0 aliphatic rings. The minimum Gasteiger partial charge on any atom is -0.508 e. The van der Waals surface area contributed by atoms with Gasteiger partial charge in [-0.25, -0.2) is 4.79 Å². The molecule has 1 aromatic carbocycles. The van der Waals surface area contributed by atoms with E-state index in [1.165, 1.54) is 12.1 Å². The van der Waals surface area contributed by atoms with E-state index in [0.29, 0.717) is 5.56 Å². The first-order chi connectivity index (χ1) is 9.19. The van der Waals surface area contributed by atoms with Crippen LogP contribution in [-0.2, 0) is 19.1 Å². The average Bonchev–Trinajstić information content (AvgIpc) is 2.34. The van der Waals surface area contributed by atoms with Crippen LogP contribution in [0.5, 0.6) is 5.75 Å². The van der Waals surface area contributed by atoms with Gasteiger partial charge in [-0.15, -0.1) is 0 Å². The molecular weight excluding hydrogens is 260 g/mol. The van der Waals surface area contributed by atoms with E-state index < -0.39 is 30.1 Å². The van der Waals surface area contributed by atoms with Crippen molar-refractivity contribution < 1.29 is 24.2 Å². The van der Waals surface area contributed by atoms with Crippen molar-refractivity contribution in [2.75, 3.05) is 6.61 Å². The quantitative estimate of drug-likeness (QED) is 0.857. The number of phenolic OH excluding ortho intramolecular Hbond substituents is 1. The molecule has 0 bridgehead atoms. The van der Waals surface area contributed by atoms with Gasteiger partial charge >= 0.3 is 11.9 Å². The highest BCUT2D eigenvalue weighted by atomic mass is 16.6. The predicted molar refractivity (Wildman–Crippen MR) is 73.3 cm³/mol. The Morgan fingerprint density at radius 1 is 1.20 bits per heavy atom. The van der Waals surface area contributed by atoms with E-state index in [2.05, 4.69) is 0 Å². The van der Waals surface area contributed by atoms with Crippen LogP contribution in [0.3, 0.4) is 0 Å². The molecule has 0 aromatic heterocycles. The first kappa shape index (κ1) is 16.0. The van der Waals surface area contributed by atoms with Crippen LogP contribution in [0.1, 0.15) is 39.2 Å². The van der Waals surface area contributed by atoms with Crippen molar-refractivity contribution in [1.82, 2.24) is 0 Å². The summed E-state index contributed by atoms with van der Waals surface area (Å²) >= 11 is 0. The van der Waals surface area contributed by atoms with Gasteiger partial charge in [-0.3, -0.25) is 4.79 Å². The Balaban J connectivity index is 2.50. The first-order valence-corrected chi connectivity index (χ1v) is 6.36. The molecule has 110 valence electrons. The van der Waals surface area contributed by atoms with E-state index in [1.54, 1.807) is 39.8 Å². The van der Waals surface area contributed by atoms with E-state index >= 15 is 0 Å². The van der Waals surface area contributed by atoms with Gasteiger partial charge in [0.1, 0.15) is 11.4 Å². The van der Waals surface area contributed by atoms with Gasteiger partial charge in [0.25, 0.3) is 0 Å². The van der Waals surface area contributed by atoms with Gasteiger partial charge in [0.05, 0.1) is 5.92 Å². The van der Waals surface area contributed by atoms with Crippen LogP contribution in [0.25, 0.3) is 0 Å². The van der Waals surface area contributed by atoms with E-state index in [9.17, 15) is 14.7 Å². The van der Waals surface area contributed by atoms with Gasteiger partial charge in [-0.1, -0.05) is 12.1 Å². The molecule has 20 heavy (non-hydrogen) atoms. The van der Waals surface area contributed by atoms with Gasteiger partial charge in [-0.05, 0) is 45.4 Å². The third kappa shape index (κ3) is 5.30. The van der Waals surface area contributed by atoms with Gasteiger partial charge in [0.2, 0.25) is 0 Å². The van der Waals surface area contributed by atoms with Crippen LogP contribution in [-0.4, -0.2) is 29.3 Å². The molecule has 5 heteroatoms. The summed E-state index contributed by atoms with van der Waals surface area (Å²) in [6.07, 6.45) is 0. The van der Waals surface area contributed by atoms with Crippen molar-refractivity contribution >= 4 is 11.9 Å². The number of benzene rings is 1. The molecular formula is C15H20O5. The zero-order valence-electron chi connectivity index (χ0n) is 12.2. The lowest BCUT2D eigenvalue weighted by Gasteiger charge is -2.19. The van der Waals surface area contributed by atoms with Crippen LogP contribution < -0.4 is 0 Å². The number of hydrogen-bond donors (Lipinski definition) is 1. The number of carbonyl (C=O) groups excluding carboxylic acids is 2. The third-order valence-electron chi connectivity index (χ3n) is 2.50. The molecule has 0 radical (unpaired) electrons. The van der Waals surface area contributed by atoms with Crippen molar-refractivity contribution in [3.63, 3.8) is 0 Å². The van der Waals surface area contributed by atoms with E-state index in [4.69, 9.17) is 9.47 Å². The fourth-order valence-electron chi connectivity index (χ4n) is 1.53. The maximum absolute atomic E-state index is 11.8. The number of rotatable bonds is 4. The summed E-state index contributed by atoms with van der Waals surface area (Å²) in [6, 6.07) is 6.25. The molecule has 0 fully saturated rings. The molecule has 1 aromatic rings. The SMILES string of the molecule is CC(C(=O)OCC(=O)OC(C)(C)C)c1ccc(O)cc1. The topological polar surface area (TPSA) is 72.8 Å². The minimum atomic E-state index is -0.605. The fourth-order valence-corrected chi connectivity index (χ4v) is 1.53. The van der Waals surface area contributed by atoms with Gasteiger partial charge in [0, 0.05) is 0 Å². The molecule has 1 unspecified atom stereocenters. The molecule has 0 spiro atoms. The number of carbonyl (C=O) groups is 2. The van der Waals surface area contributed by atoms with Gasteiger partial charge < -0.3 is 14.6 Å². The maximum Gasteiger partial charge on any atom is 0.344 e. The molecule has 1 atom stereocenters. The summed E-state index contributed by atoms with van der Waals surface area (Å²) in [4.78, 5) is 23.2. The Morgan fingerprint density at radius 3 is 2.25 bits per heavy atom. The molecule has 1 N–H and O–H groups in total. The second-order valence-corrected chi connectivity index (χ2v) is 5.51. The average molecular weight is 280 g/mol. The maximum atomic E-state index is 11.8. The van der Waals surface area contributed by atoms with Crippen molar-refractivity contribution in [2.24, 2.45) is 0 Å². The highest BCUT2D eigenvalue weighted by Gasteiger charge is 2.21. The molecule has 0 aliphatic carbocycles. The molecule has 0 saturated carbocycles. The fraction of sp³-hybridized carbons (Fsp3) is 0.467. The molecule has 5 nitrogen and oxygen atoms in total. The van der Waals surface area contributed by atoms with Crippen molar-refractivity contribution in [3.05, 3.63) is 29.8 Å². The molecule has 0 aliphatic heterocycles. The minimum absolute atomic E-state index is 0.128. The van der Waals surface area contributed by atoms with Crippen LogP contribution in [0, 0.1) is 0 Å². The lowest BCUT2D eigenvalue weighted by molar-refractivity contribution is -0.167. The van der Waals surface area contributed by atoms with E-state index in [1.807, 2.05) is 0 Å². The standard InChI is InChI=1S/C15H20O5/c1-10(11-5-7-12(16)8-6-11)14(18)19-9-13(17)20-15(2,3)4/h5-8,10,16H,9H2,1-4H3. The van der Waals surface area contributed by atoms with Crippen molar-refractivity contribution in [3.8, 4) is 5.75 Å².